The highest BCUT2D eigenvalue weighted by molar-refractivity contribution is 7.17. The third kappa shape index (κ3) is 4.15. The Morgan fingerprint density at radius 3 is 2.86 bits per heavy atom. The third-order valence-corrected chi connectivity index (χ3v) is 5.83. The molecule has 7 nitrogen and oxygen atoms in total. The molecule has 1 aromatic carbocycles. The van der Waals surface area contributed by atoms with E-state index >= 15 is 0 Å². The molecule has 2 aromatic heterocycles. The average molecular weight is 415 g/mol. The zero-order valence-electron chi connectivity index (χ0n) is 14.9. The fraction of sp³-hybridized carbons (Fsp3) is 0.211. The minimum atomic E-state index is -0.728. The molecule has 0 unspecified atom stereocenters. The largest absolute Gasteiger partial charge is 0.485 e. The standard InChI is InChI=1S/C19H17N3O4S2/c1-11(23)20-8-12-6-7-17(28-12)13-10-27-19(21-13)22-18(24)16-9-25-14-4-2-3-5-15(14)26-16/h2-7,10,16H,8-9H2,1H3,(H,20,23)(H,21,22,24)/t16-/m0/s1. The lowest BCUT2D eigenvalue weighted by atomic mass is 10.2. The number of thiophene rings is 1. The molecule has 0 fully saturated rings. The Morgan fingerprint density at radius 1 is 1.21 bits per heavy atom. The van der Waals surface area contributed by atoms with Crippen LogP contribution in [0.3, 0.4) is 0 Å². The molecule has 3 aromatic rings. The maximum absolute atomic E-state index is 12.5. The molecule has 9 heteroatoms. The zero-order chi connectivity index (χ0) is 19.5. The molecule has 2 amide bonds. The first-order valence-corrected chi connectivity index (χ1v) is 10.3. The highest BCUT2D eigenvalue weighted by Gasteiger charge is 2.28. The van der Waals surface area contributed by atoms with Crippen LogP contribution in [0.15, 0.2) is 41.8 Å². The van der Waals surface area contributed by atoms with Gasteiger partial charge in [-0.1, -0.05) is 12.1 Å². The number of hydrogen-bond acceptors (Lipinski definition) is 7. The van der Waals surface area contributed by atoms with Crippen LogP contribution in [-0.2, 0) is 16.1 Å². The number of ether oxygens (including phenoxy) is 2. The number of benzene rings is 1. The van der Waals surface area contributed by atoms with Crippen molar-refractivity contribution in [3.63, 3.8) is 0 Å². The SMILES string of the molecule is CC(=O)NCc1ccc(-c2csc(NC(=O)[C@@H]3COc4ccccc4O3)n2)s1. The Kier molecular flexibility index (Phi) is 5.27. The van der Waals surface area contributed by atoms with E-state index in [0.717, 1.165) is 15.4 Å². The van der Waals surface area contributed by atoms with E-state index in [4.69, 9.17) is 9.47 Å². The summed E-state index contributed by atoms with van der Waals surface area (Å²) in [6, 6.07) is 11.2. The Bertz CT molecular complexity index is 1010. The Balaban J connectivity index is 1.38. The van der Waals surface area contributed by atoms with Crippen molar-refractivity contribution >= 4 is 39.6 Å². The molecule has 0 saturated heterocycles. The second-order valence-corrected chi connectivity index (χ2v) is 8.09. The van der Waals surface area contributed by atoms with Crippen molar-refractivity contribution in [2.24, 2.45) is 0 Å². The summed E-state index contributed by atoms with van der Waals surface area (Å²) in [5, 5.41) is 7.95. The Hall–Kier alpha value is -2.91. The first-order valence-electron chi connectivity index (χ1n) is 8.57. The van der Waals surface area contributed by atoms with Gasteiger partial charge in [0, 0.05) is 17.2 Å². The predicted molar refractivity (Wildman–Crippen MR) is 108 cm³/mol. The number of nitrogens with one attached hydrogen (secondary N) is 2. The van der Waals surface area contributed by atoms with Crippen LogP contribution in [0, 0.1) is 0 Å². The van der Waals surface area contributed by atoms with E-state index in [-0.39, 0.29) is 18.4 Å². The van der Waals surface area contributed by atoms with Crippen molar-refractivity contribution in [1.29, 1.82) is 0 Å². The predicted octanol–water partition coefficient (Wildman–Crippen LogP) is 3.29. The lowest BCUT2D eigenvalue weighted by Crippen LogP contribution is -2.40. The third-order valence-electron chi connectivity index (χ3n) is 3.96. The summed E-state index contributed by atoms with van der Waals surface area (Å²) in [5.74, 6) is 0.827. The van der Waals surface area contributed by atoms with Gasteiger partial charge in [-0.2, -0.15) is 0 Å². The summed E-state index contributed by atoms with van der Waals surface area (Å²) >= 11 is 2.90. The summed E-state index contributed by atoms with van der Waals surface area (Å²) in [4.78, 5) is 30.0. The maximum Gasteiger partial charge on any atom is 0.270 e. The molecule has 3 heterocycles. The number of anilines is 1. The van der Waals surface area contributed by atoms with Crippen LogP contribution in [0.2, 0.25) is 0 Å². The molecule has 4 rings (SSSR count). The number of nitrogens with zero attached hydrogens (tertiary/aromatic N) is 1. The molecule has 144 valence electrons. The summed E-state index contributed by atoms with van der Waals surface area (Å²) in [7, 11) is 0. The van der Waals surface area contributed by atoms with Crippen molar-refractivity contribution in [2.75, 3.05) is 11.9 Å². The first-order chi connectivity index (χ1) is 13.6. The average Bonchev–Trinajstić information content (AvgIpc) is 3.35. The Labute approximate surface area is 169 Å². The van der Waals surface area contributed by atoms with Gasteiger partial charge in [0.05, 0.1) is 17.1 Å². The molecular formula is C19H17N3O4S2. The lowest BCUT2D eigenvalue weighted by molar-refractivity contribution is -0.125. The maximum atomic E-state index is 12.5. The van der Waals surface area contributed by atoms with Gasteiger partial charge in [0.2, 0.25) is 12.0 Å². The van der Waals surface area contributed by atoms with Gasteiger partial charge >= 0.3 is 0 Å². The highest BCUT2D eigenvalue weighted by atomic mass is 32.1. The van der Waals surface area contributed by atoms with Gasteiger partial charge in [-0.05, 0) is 24.3 Å². The molecule has 0 aliphatic carbocycles. The number of aromatic nitrogens is 1. The van der Waals surface area contributed by atoms with Gasteiger partial charge in [-0.15, -0.1) is 22.7 Å². The van der Waals surface area contributed by atoms with Crippen LogP contribution in [0.1, 0.15) is 11.8 Å². The van der Waals surface area contributed by atoms with E-state index in [1.807, 2.05) is 29.6 Å². The van der Waals surface area contributed by atoms with Crippen molar-refractivity contribution < 1.29 is 19.1 Å². The lowest BCUT2D eigenvalue weighted by Gasteiger charge is -2.25. The number of amides is 2. The second kappa shape index (κ2) is 7.99. The smallest absolute Gasteiger partial charge is 0.270 e. The normalized spacial score (nSPS) is 15.1. The fourth-order valence-corrected chi connectivity index (χ4v) is 4.30. The van der Waals surface area contributed by atoms with Gasteiger partial charge in [-0.25, -0.2) is 4.98 Å². The van der Waals surface area contributed by atoms with E-state index in [9.17, 15) is 9.59 Å². The molecule has 2 N–H and O–H groups in total. The molecule has 28 heavy (non-hydrogen) atoms. The van der Waals surface area contributed by atoms with Gasteiger partial charge in [0.1, 0.15) is 6.61 Å². The second-order valence-electron chi connectivity index (χ2n) is 6.07. The van der Waals surface area contributed by atoms with Crippen molar-refractivity contribution in [2.45, 2.75) is 19.6 Å². The summed E-state index contributed by atoms with van der Waals surface area (Å²) in [6.07, 6.45) is -0.728. The van der Waals surface area contributed by atoms with Crippen molar-refractivity contribution in [3.05, 3.63) is 46.7 Å². The molecule has 0 saturated carbocycles. The fourth-order valence-electron chi connectivity index (χ4n) is 2.60. The van der Waals surface area contributed by atoms with Gasteiger partial charge < -0.3 is 14.8 Å². The zero-order valence-corrected chi connectivity index (χ0v) is 16.6. The van der Waals surface area contributed by atoms with Crippen LogP contribution in [0.25, 0.3) is 10.6 Å². The van der Waals surface area contributed by atoms with E-state index in [0.29, 0.717) is 23.2 Å². The van der Waals surface area contributed by atoms with E-state index in [1.165, 1.54) is 18.3 Å². The number of rotatable bonds is 5. The molecule has 0 bridgehead atoms. The topological polar surface area (TPSA) is 89.6 Å². The van der Waals surface area contributed by atoms with Crippen LogP contribution in [0.4, 0.5) is 5.13 Å². The molecule has 1 aliphatic rings. The number of hydrogen-bond donors (Lipinski definition) is 2. The number of para-hydroxylation sites is 2. The molecule has 0 spiro atoms. The van der Waals surface area contributed by atoms with E-state index in [2.05, 4.69) is 15.6 Å². The number of carbonyl (C=O) groups excluding carboxylic acids is 2. The van der Waals surface area contributed by atoms with Crippen LogP contribution >= 0.6 is 22.7 Å². The molecule has 0 radical (unpaired) electrons. The van der Waals surface area contributed by atoms with Crippen LogP contribution < -0.4 is 20.1 Å². The minimum Gasteiger partial charge on any atom is -0.485 e. The summed E-state index contributed by atoms with van der Waals surface area (Å²) in [5.41, 5.74) is 0.783. The van der Waals surface area contributed by atoms with Gasteiger partial charge in [-0.3, -0.25) is 14.9 Å². The van der Waals surface area contributed by atoms with E-state index in [1.54, 1.807) is 23.5 Å². The molecule has 1 atom stereocenters. The number of thiazole rings is 1. The summed E-state index contributed by atoms with van der Waals surface area (Å²) < 4.78 is 11.3. The van der Waals surface area contributed by atoms with Crippen molar-refractivity contribution in [1.82, 2.24) is 10.3 Å². The monoisotopic (exact) mass is 415 g/mol. The van der Waals surface area contributed by atoms with Crippen LogP contribution in [0.5, 0.6) is 11.5 Å². The number of carbonyl (C=O) groups is 2. The number of fused-ring (bicyclic) bond motifs is 1. The Morgan fingerprint density at radius 2 is 2.04 bits per heavy atom. The first kappa shape index (κ1) is 18.5. The van der Waals surface area contributed by atoms with Crippen molar-refractivity contribution in [3.8, 4) is 22.1 Å². The van der Waals surface area contributed by atoms with E-state index < -0.39 is 6.10 Å². The quantitative estimate of drug-likeness (QED) is 0.668. The molecule has 1 aliphatic heterocycles. The highest BCUT2D eigenvalue weighted by Crippen LogP contribution is 2.33. The minimum absolute atomic E-state index is 0.0647. The molecular weight excluding hydrogens is 398 g/mol. The van der Waals surface area contributed by atoms with Gasteiger partial charge in [0.25, 0.3) is 5.91 Å². The summed E-state index contributed by atoms with van der Waals surface area (Å²) in [6.45, 7) is 2.14. The van der Waals surface area contributed by atoms with Crippen LogP contribution in [-0.4, -0.2) is 29.5 Å². The van der Waals surface area contributed by atoms with Gasteiger partial charge in [0.15, 0.2) is 16.6 Å².